The number of esters is 1. The summed E-state index contributed by atoms with van der Waals surface area (Å²) in [7, 11) is -2.46. The average Bonchev–Trinajstić information content (AvgIpc) is 3.31. The van der Waals surface area contributed by atoms with Crippen LogP contribution in [-0.2, 0) is 19.5 Å². The molecule has 0 aromatic carbocycles. The molecule has 0 saturated carbocycles. The van der Waals surface area contributed by atoms with E-state index in [1.54, 1.807) is 5.38 Å². The molecule has 2 fully saturated rings. The fourth-order valence-corrected chi connectivity index (χ4v) is 5.84. The quantitative estimate of drug-likeness (QED) is 0.740. The molecule has 25 heavy (non-hydrogen) atoms. The molecule has 7 nitrogen and oxygen atoms in total. The van der Waals surface area contributed by atoms with Gasteiger partial charge >= 0.3 is 5.97 Å². The predicted molar refractivity (Wildman–Crippen MR) is 94.4 cm³/mol. The summed E-state index contributed by atoms with van der Waals surface area (Å²) in [4.78, 5) is 14.3. The lowest BCUT2D eigenvalue weighted by atomic mass is 9.96. The number of hydrogen-bond acceptors (Lipinski definition) is 7. The molecule has 2 saturated heterocycles. The van der Waals surface area contributed by atoms with Crippen molar-refractivity contribution in [1.82, 2.24) is 9.62 Å². The summed E-state index contributed by atoms with van der Waals surface area (Å²) >= 11 is 1.07. The second-order valence-corrected chi connectivity index (χ2v) is 9.11. The topological polar surface area (TPSA) is 84.9 Å². The van der Waals surface area contributed by atoms with E-state index in [2.05, 4.69) is 14.4 Å². The summed E-state index contributed by atoms with van der Waals surface area (Å²) in [6.07, 6.45) is 3.02. The minimum Gasteiger partial charge on any atom is -0.465 e. The van der Waals surface area contributed by atoms with Gasteiger partial charge in [-0.15, -0.1) is 11.3 Å². The van der Waals surface area contributed by atoms with Crippen LogP contribution < -0.4 is 4.72 Å². The number of nitrogens with zero attached hydrogens (tertiary/aromatic N) is 1. The van der Waals surface area contributed by atoms with Gasteiger partial charge in [0.25, 0.3) is 0 Å². The largest absolute Gasteiger partial charge is 0.465 e. The molecule has 3 heterocycles. The number of carbonyl (C=O) groups excluding carboxylic acids is 1. The van der Waals surface area contributed by atoms with Gasteiger partial charge in [-0.25, -0.2) is 17.9 Å². The molecular formula is C16H24N2O5S2. The lowest BCUT2D eigenvalue weighted by molar-refractivity contribution is 0.0602. The molecule has 0 spiro atoms. The smallest absolute Gasteiger partial charge is 0.349 e. The Morgan fingerprint density at radius 2 is 2.16 bits per heavy atom. The maximum atomic E-state index is 12.5. The Bertz CT molecular complexity index is 689. The Kier molecular flexibility index (Phi) is 6.11. The van der Waals surface area contributed by atoms with Gasteiger partial charge in [0, 0.05) is 19.2 Å². The molecule has 2 aliphatic heterocycles. The third-order valence-corrected chi connectivity index (χ3v) is 7.41. The van der Waals surface area contributed by atoms with Gasteiger partial charge in [0.15, 0.2) is 0 Å². The van der Waals surface area contributed by atoms with Crippen LogP contribution in [0, 0.1) is 5.92 Å². The van der Waals surface area contributed by atoms with Gasteiger partial charge in [0.05, 0.1) is 13.7 Å². The van der Waals surface area contributed by atoms with E-state index < -0.39 is 16.0 Å². The lowest BCUT2D eigenvalue weighted by Gasteiger charge is -2.35. The highest BCUT2D eigenvalue weighted by molar-refractivity contribution is 7.89. The molecule has 2 aliphatic rings. The second kappa shape index (κ2) is 8.13. The minimum absolute atomic E-state index is 0.00453. The van der Waals surface area contributed by atoms with Crippen LogP contribution in [0.2, 0.25) is 0 Å². The van der Waals surface area contributed by atoms with Gasteiger partial charge in [-0.3, -0.25) is 4.90 Å². The molecule has 0 bridgehead atoms. The molecule has 140 valence electrons. The van der Waals surface area contributed by atoms with Crippen molar-refractivity contribution in [2.24, 2.45) is 5.92 Å². The zero-order valence-corrected chi connectivity index (χ0v) is 15.9. The van der Waals surface area contributed by atoms with E-state index in [-0.39, 0.29) is 9.77 Å². The number of sulfonamides is 1. The Morgan fingerprint density at radius 1 is 1.40 bits per heavy atom. The number of ether oxygens (including phenoxy) is 2. The van der Waals surface area contributed by atoms with Gasteiger partial charge in [-0.05, 0) is 49.7 Å². The van der Waals surface area contributed by atoms with E-state index in [0.29, 0.717) is 18.5 Å². The normalized spacial score (nSPS) is 23.0. The van der Waals surface area contributed by atoms with Gasteiger partial charge in [-0.2, -0.15) is 0 Å². The van der Waals surface area contributed by atoms with E-state index in [1.165, 1.54) is 13.2 Å². The van der Waals surface area contributed by atoms with E-state index in [9.17, 15) is 13.2 Å². The van der Waals surface area contributed by atoms with Crippen LogP contribution in [0.4, 0.5) is 0 Å². The Balaban J connectivity index is 1.53. The van der Waals surface area contributed by atoms with Crippen molar-refractivity contribution in [3.63, 3.8) is 0 Å². The second-order valence-electron chi connectivity index (χ2n) is 6.45. The molecule has 9 heteroatoms. The number of piperidine rings is 1. The van der Waals surface area contributed by atoms with Crippen molar-refractivity contribution < 1.29 is 22.7 Å². The van der Waals surface area contributed by atoms with Crippen LogP contribution in [0.1, 0.15) is 28.9 Å². The predicted octanol–water partition coefficient (Wildman–Crippen LogP) is 1.31. The Labute approximate surface area is 152 Å². The Morgan fingerprint density at radius 3 is 2.80 bits per heavy atom. The van der Waals surface area contributed by atoms with Crippen molar-refractivity contribution in [3.8, 4) is 0 Å². The zero-order valence-electron chi connectivity index (χ0n) is 14.3. The zero-order chi connectivity index (χ0) is 17.9. The summed E-state index contributed by atoms with van der Waals surface area (Å²) in [5.74, 6) is -0.309. The minimum atomic E-state index is -3.71. The Hall–Kier alpha value is -1.00. The van der Waals surface area contributed by atoms with E-state index in [4.69, 9.17) is 4.74 Å². The third kappa shape index (κ3) is 4.40. The number of hydrogen-bond donors (Lipinski definition) is 1. The van der Waals surface area contributed by atoms with Crippen LogP contribution in [0.15, 0.2) is 16.3 Å². The van der Waals surface area contributed by atoms with Crippen molar-refractivity contribution in [3.05, 3.63) is 16.3 Å². The van der Waals surface area contributed by atoms with Crippen LogP contribution in [-0.4, -0.2) is 65.3 Å². The number of methoxy groups -OCH3 is 1. The van der Waals surface area contributed by atoms with Crippen molar-refractivity contribution in [2.45, 2.75) is 30.2 Å². The number of thiophene rings is 1. The first-order chi connectivity index (χ1) is 12.0. The summed E-state index contributed by atoms with van der Waals surface area (Å²) < 4.78 is 37.8. The highest BCUT2D eigenvalue weighted by Crippen LogP contribution is 2.25. The molecule has 0 amide bonds. The monoisotopic (exact) mass is 388 g/mol. The van der Waals surface area contributed by atoms with Crippen LogP contribution >= 0.6 is 11.3 Å². The number of rotatable bonds is 6. The van der Waals surface area contributed by atoms with Crippen molar-refractivity contribution in [2.75, 3.05) is 40.0 Å². The molecule has 1 aromatic rings. The number of nitrogens with one attached hydrogen (secondary N) is 1. The van der Waals surface area contributed by atoms with Crippen LogP contribution in [0.3, 0.4) is 0 Å². The fraction of sp³-hybridized carbons (Fsp3) is 0.688. The number of likely N-dealkylation sites (tertiary alicyclic amines) is 1. The van der Waals surface area contributed by atoms with Crippen LogP contribution in [0.25, 0.3) is 0 Å². The van der Waals surface area contributed by atoms with Crippen molar-refractivity contribution >= 4 is 27.3 Å². The first-order valence-corrected chi connectivity index (χ1v) is 10.8. The SMILES string of the molecule is COC(=O)c1sccc1S(=O)(=O)NCC1CCN([C@@H]2CCOC2)CC1. The molecule has 1 N–H and O–H groups in total. The molecule has 0 unspecified atom stereocenters. The van der Waals surface area contributed by atoms with Gasteiger partial charge in [0.1, 0.15) is 9.77 Å². The van der Waals surface area contributed by atoms with Crippen molar-refractivity contribution in [1.29, 1.82) is 0 Å². The first kappa shape index (κ1) is 18.8. The molecular weight excluding hydrogens is 364 g/mol. The highest BCUT2D eigenvalue weighted by atomic mass is 32.2. The van der Waals surface area contributed by atoms with E-state index in [1.807, 2.05) is 0 Å². The molecule has 1 aromatic heterocycles. The number of carbonyl (C=O) groups is 1. The highest BCUT2D eigenvalue weighted by Gasteiger charge is 2.29. The first-order valence-electron chi connectivity index (χ1n) is 8.48. The summed E-state index contributed by atoms with van der Waals surface area (Å²) in [5, 5.41) is 1.59. The van der Waals surface area contributed by atoms with Crippen LogP contribution in [0.5, 0.6) is 0 Å². The van der Waals surface area contributed by atoms with E-state index >= 15 is 0 Å². The molecule has 0 aliphatic carbocycles. The van der Waals surface area contributed by atoms with Gasteiger partial charge < -0.3 is 9.47 Å². The van der Waals surface area contributed by atoms with Gasteiger partial charge in [-0.1, -0.05) is 0 Å². The fourth-order valence-electron chi connectivity index (χ4n) is 3.39. The lowest BCUT2D eigenvalue weighted by Crippen LogP contribution is -2.44. The summed E-state index contributed by atoms with van der Waals surface area (Å²) in [5.41, 5.74) is 0. The average molecular weight is 389 g/mol. The summed E-state index contributed by atoms with van der Waals surface area (Å²) in [6, 6.07) is 1.97. The molecule has 1 atom stereocenters. The summed E-state index contributed by atoms with van der Waals surface area (Å²) in [6.45, 7) is 4.01. The molecule has 3 rings (SSSR count). The maximum Gasteiger partial charge on any atom is 0.349 e. The standard InChI is InChI=1S/C16H24N2O5S2/c1-22-16(19)15-14(5-9-24-15)25(20,21)17-10-12-2-6-18(7-3-12)13-4-8-23-11-13/h5,9,12-13,17H,2-4,6-8,10-11H2,1H3/t13-/m1/s1. The van der Waals surface area contributed by atoms with E-state index in [0.717, 1.165) is 56.9 Å². The van der Waals surface area contributed by atoms with Gasteiger partial charge in [0.2, 0.25) is 10.0 Å². The maximum absolute atomic E-state index is 12.5. The third-order valence-electron chi connectivity index (χ3n) is 4.92. The molecule has 0 radical (unpaired) electrons.